The second-order valence-electron chi connectivity index (χ2n) is 4.07. The van der Waals surface area contributed by atoms with Gasteiger partial charge >= 0.3 is 0 Å². The summed E-state index contributed by atoms with van der Waals surface area (Å²) in [6.07, 6.45) is 2.38. The molecule has 0 radical (unpaired) electrons. The third-order valence-corrected chi connectivity index (χ3v) is 3.62. The molecule has 0 fully saturated rings. The van der Waals surface area contributed by atoms with Gasteiger partial charge in [-0.15, -0.1) is 5.10 Å². The van der Waals surface area contributed by atoms with Crippen LogP contribution in [0.25, 0.3) is 0 Å². The molecule has 1 aromatic carbocycles. The van der Waals surface area contributed by atoms with Gasteiger partial charge < -0.3 is 5.32 Å². The number of aromatic nitrogens is 2. The van der Waals surface area contributed by atoms with Crippen LogP contribution in [0, 0.1) is 0 Å². The lowest BCUT2D eigenvalue weighted by atomic mass is 10.1. The average Bonchev–Trinajstić information content (AvgIpc) is 2.96. The molecule has 1 aromatic heterocycles. The van der Waals surface area contributed by atoms with E-state index >= 15 is 0 Å². The summed E-state index contributed by atoms with van der Waals surface area (Å²) in [7, 11) is 0. The Balaban J connectivity index is 1.69. The molecule has 2 aromatic rings. The molecule has 1 atom stereocenters. The van der Waals surface area contributed by atoms with E-state index in [1.54, 1.807) is 0 Å². The van der Waals surface area contributed by atoms with E-state index in [0.717, 1.165) is 12.2 Å². The van der Waals surface area contributed by atoms with Crippen LogP contribution < -0.4 is 5.32 Å². The van der Waals surface area contributed by atoms with Crippen LogP contribution in [0.3, 0.4) is 0 Å². The highest BCUT2D eigenvalue weighted by Gasteiger charge is 2.21. The topological polar surface area (TPSA) is 37.8 Å². The second-order valence-corrected chi connectivity index (χ2v) is 4.68. The number of hydrogen-bond donors (Lipinski definition) is 1. The fourth-order valence-corrected chi connectivity index (χ4v) is 2.71. The van der Waals surface area contributed by atoms with E-state index < -0.39 is 0 Å². The SMILES string of the molecule is c1ccc2c(c1)CCC2NCc1csnn1. The normalized spacial score (nSPS) is 18.6. The van der Waals surface area contributed by atoms with Gasteiger partial charge in [-0.3, -0.25) is 0 Å². The van der Waals surface area contributed by atoms with Gasteiger partial charge in [0, 0.05) is 18.0 Å². The summed E-state index contributed by atoms with van der Waals surface area (Å²) < 4.78 is 3.86. The summed E-state index contributed by atoms with van der Waals surface area (Å²) >= 11 is 1.41. The van der Waals surface area contributed by atoms with Crippen molar-refractivity contribution in [2.24, 2.45) is 0 Å². The molecular formula is C12H13N3S. The maximum absolute atomic E-state index is 4.04. The molecule has 16 heavy (non-hydrogen) atoms. The Kier molecular flexibility index (Phi) is 2.68. The van der Waals surface area contributed by atoms with Crippen molar-refractivity contribution < 1.29 is 0 Å². The van der Waals surface area contributed by atoms with E-state index in [4.69, 9.17) is 0 Å². The second kappa shape index (κ2) is 4.31. The molecule has 3 rings (SSSR count). The van der Waals surface area contributed by atoms with Crippen LogP contribution in [0.4, 0.5) is 0 Å². The third kappa shape index (κ3) is 1.86. The number of hydrogen-bond acceptors (Lipinski definition) is 4. The molecule has 1 aliphatic rings. The summed E-state index contributed by atoms with van der Waals surface area (Å²) in [4.78, 5) is 0. The summed E-state index contributed by atoms with van der Waals surface area (Å²) in [6, 6.07) is 9.16. The van der Waals surface area contributed by atoms with Crippen molar-refractivity contribution >= 4 is 11.5 Å². The summed E-state index contributed by atoms with van der Waals surface area (Å²) in [5, 5.41) is 9.58. The van der Waals surface area contributed by atoms with Crippen molar-refractivity contribution in [3.8, 4) is 0 Å². The number of nitrogens with one attached hydrogen (secondary N) is 1. The number of fused-ring (bicyclic) bond motifs is 1. The summed E-state index contributed by atoms with van der Waals surface area (Å²) in [5.41, 5.74) is 3.97. The Labute approximate surface area is 98.7 Å². The molecule has 0 saturated heterocycles. The summed E-state index contributed by atoms with van der Waals surface area (Å²) in [5.74, 6) is 0. The van der Waals surface area contributed by atoms with Crippen molar-refractivity contribution in [2.45, 2.75) is 25.4 Å². The highest BCUT2D eigenvalue weighted by atomic mass is 32.1. The largest absolute Gasteiger partial charge is 0.304 e. The van der Waals surface area contributed by atoms with Crippen LogP contribution in [-0.4, -0.2) is 9.59 Å². The molecule has 0 aliphatic heterocycles. The van der Waals surface area contributed by atoms with Crippen molar-refractivity contribution in [2.75, 3.05) is 0 Å². The Morgan fingerprint density at radius 3 is 3.19 bits per heavy atom. The molecule has 0 spiro atoms. The first-order valence-electron chi connectivity index (χ1n) is 5.50. The first-order chi connectivity index (χ1) is 7.93. The predicted molar refractivity (Wildman–Crippen MR) is 64.3 cm³/mol. The van der Waals surface area contributed by atoms with Gasteiger partial charge in [-0.2, -0.15) is 0 Å². The van der Waals surface area contributed by atoms with Gasteiger partial charge in [-0.05, 0) is 35.5 Å². The molecule has 1 unspecified atom stereocenters. The predicted octanol–water partition coefficient (Wildman–Crippen LogP) is 2.32. The maximum atomic E-state index is 4.04. The lowest BCUT2D eigenvalue weighted by Crippen LogP contribution is -2.18. The van der Waals surface area contributed by atoms with Gasteiger partial charge in [0.25, 0.3) is 0 Å². The molecule has 3 nitrogen and oxygen atoms in total. The monoisotopic (exact) mass is 231 g/mol. The Morgan fingerprint density at radius 2 is 2.31 bits per heavy atom. The van der Waals surface area contributed by atoms with Crippen LogP contribution in [-0.2, 0) is 13.0 Å². The molecule has 1 heterocycles. The van der Waals surface area contributed by atoms with Gasteiger partial charge in [0.1, 0.15) is 0 Å². The van der Waals surface area contributed by atoms with Gasteiger partial charge in [-0.1, -0.05) is 28.8 Å². The molecule has 4 heteroatoms. The molecule has 1 N–H and O–H groups in total. The van der Waals surface area contributed by atoms with Crippen LogP contribution in [0.5, 0.6) is 0 Å². The van der Waals surface area contributed by atoms with Crippen molar-refractivity contribution in [3.05, 3.63) is 46.5 Å². The minimum Gasteiger partial charge on any atom is -0.304 e. The Morgan fingerprint density at radius 1 is 1.38 bits per heavy atom. The van der Waals surface area contributed by atoms with Crippen LogP contribution in [0.2, 0.25) is 0 Å². The molecule has 0 bridgehead atoms. The smallest absolute Gasteiger partial charge is 0.0893 e. The van der Waals surface area contributed by atoms with Crippen molar-refractivity contribution in [1.29, 1.82) is 0 Å². The average molecular weight is 231 g/mol. The zero-order valence-electron chi connectivity index (χ0n) is 8.89. The molecule has 0 amide bonds. The number of benzene rings is 1. The van der Waals surface area contributed by atoms with Gasteiger partial charge in [0.15, 0.2) is 0 Å². The number of nitrogens with zero attached hydrogens (tertiary/aromatic N) is 2. The van der Waals surface area contributed by atoms with E-state index in [0.29, 0.717) is 6.04 Å². The first-order valence-corrected chi connectivity index (χ1v) is 6.34. The molecule has 0 saturated carbocycles. The fraction of sp³-hybridized carbons (Fsp3) is 0.333. The standard InChI is InChI=1S/C12H13N3S/c1-2-4-11-9(3-1)5-6-12(11)13-7-10-8-16-15-14-10/h1-4,8,12-13H,5-7H2. The number of rotatable bonds is 3. The quantitative estimate of drug-likeness (QED) is 0.881. The lowest BCUT2D eigenvalue weighted by Gasteiger charge is -2.12. The van der Waals surface area contributed by atoms with Crippen molar-refractivity contribution in [3.63, 3.8) is 0 Å². The van der Waals surface area contributed by atoms with Crippen molar-refractivity contribution in [1.82, 2.24) is 14.9 Å². The van der Waals surface area contributed by atoms with Gasteiger partial charge in [0.05, 0.1) is 5.69 Å². The zero-order valence-corrected chi connectivity index (χ0v) is 9.70. The van der Waals surface area contributed by atoms with E-state index in [1.165, 1.54) is 35.5 Å². The molecular weight excluding hydrogens is 218 g/mol. The lowest BCUT2D eigenvalue weighted by molar-refractivity contribution is 0.525. The third-order valence-electron chi connectivity index (χ3n) is 3.07. The van der Waals surface area contributed by atoms with E-state index in [2.05, 4.69) is 39.2 Å². The van der Waals surface area contributed by atoms with E-state index in [-0.39, 0.29) is 0 Å². The highest BCUT2D eigenvalue weighted by molar-refractivity contribution is 7.03. The van der Waals surface area contributed by atoms with Crippen LogP contribution in [0.15, 0.2) is 29.6 Å². The number of aryl methyl sites for hydroxylation is 1. The Hall–Kier alpha value is -1.26. The zero-order chi connectivity index (χ0) is 10.8. The minimum atomic E-state index is 0.484. The fourth-order valence-electron chi connectivity index (χ4n) is 2.26. The summed E-state index contributed by atoms with van der Waals surface area (Å²) in [6.45, 7) is 0.815. The van der Waals surface area contributed by atoms with Gasteiger partial charge in [0.2, 0.25) is 0 Å². The molecule has 1 aliphatic carbocycles. The van der Waals surface area contributed by atoms with Gasteiger partial charge in [-0.25, -0.2) is 0 Å². The first kappa shape index (κ1) is 9.93. The minimum absolute atomic E-state index is 0.484. The van der Waals surface area contributed by atoms with Crippen LogP contribution >= 0.6 is 11.5 Å². The Bertz CT molecular complexity index is 467. The maximum Gasteiger partial charge on any atom is 0.0893 e. The van der Waals surface area contributed by atoms with Crippen LogP contribution in [0.1, 0.15) is 29.3 Å². The highest BCUT2D eigenvalue weighted by Crippen LogP contribution is 2.30. The molecule has 82 valence electrons. The van der Waals surface area contributed by atoms with E-state index in [1.807, 2.05) is 5.38 Å². The van der Waals surface area contributed by atoms with E-state index in [9.17, 15) is 0 Å².